The van der Waals surface area contributed by atoms with Crippen LogP contribution in [0.15, 0.2) is 52.5 Å². The second-order valence-electron chi connectivity index (χ2n) is 4.36. The highest BCUT2D eigenvalue weighted by Crippen LogP contribution is 2.29. The fourth-order valence-corrected chi connectivity index (χ4v) is 2.34. The first-order chi connectivity index (χ1) is 10.4. The fourth-order valence-electron chi connectivity index (χ4n) is 1.58. The lowest BCUT2D eigenvalue weighted by Crippen LogP contribution is -2.18. The Hall–Kier alpha value is -2.15. The molecule has 2 aromatic rings. The molecule has 0 saturated heterocycles. The standard InChI is InChI=1S/C15H13F2NO3S/c1-15(16,17)21-11-4-6-12(7-5-11)22-13-8-3-10(9-18-13)14(19)20-2/h3-9H,1-2H3. The maximum Gasteiger partial charge on any atom is 0.394 e. The van der Waals surface area contributed by atoms with Gasteiger partial charge in [-0.3, -0.25) is 0 Å². The van der Waals surface area contributed by atoms with E-state index in [9.17, 15) is 13.6 Å². The van der Waals surface area contributed by atoms with Gasteiger partial charge in [-0.2, -0.15) is 8.78 Å². The number of carbonyl (C=O) groups excluding carboxylic acids is 1. The minimum atomic E-state index is -3.21. The Labute approximate surface area is 130 Å². The van der Waals surface area contributed by atoms with E-state index in [0.29, 0.717) is 17.5 Å². The Balaban J connectivity index is 2.03. The predicted molar refractivity (Wildman–Crippen MR) is 77.4 cm³/mol. The maximum atomic E-state index is 12.7. The predicted octanol–water partition coefficient (Wildman–Crippen LogP) is 4.01. The van der Waals surface area contributed by atoms with Crippen molar-refractivity contribution < 1.29 is 23.0 Å². The van der Waals surface area contributed by atoms with Crippen molar-refractivity contribution in [3.8, 4) is 5.75 Å². The Kier molecular flexibility index (Phi) is 4.97. The normalized spacial score (nSPS) is 11.1. The molecule has 0 aliphatic carbocycles. The second-order valence-corrected chi connectivity index (χ2v) is 5.45. The summed E-state index contributed by atoms with van der Waals surface area (Å²) in [5.74, 6) is -0.364. The summed E-state index contributed by atoms with van der Waals surface area (Å²) < 4.78 is 34.5. The summed E-state index contributed by atoms with van der Waals surface area (Å²) in [5, 5.41) is 0.669. The molecule has 2 rings (SSSR count). The topological polar surface area (TPSA) is 48.4 Å². The molecule has 0 bridgehead atoms. The number of rotatable bonds is 5. The number of ether oxygens (including phenoxy) is 2. The average Bonchev–Trinajstić information content (AvgIpc) is 2.48. The van der Waals surface area contributed by atoms with Crippen molar-refractivity contribution in [2.24, 2.45) is 0 Å². The van der Waals surface area contributed by atoms with Crippen LogP contribution in [-0.2, 0) is 4.74 Å². The van der Waals surface area contributed by atoms with E-state index in [1.165, 1.54) is 37.2 Å². The van der Waals surface area contributed by atoms with Crippen LogP contribution in [0.2, 0.25) is 0 Å². The number of methoxy groups -OCH3 is 1. The van der Waals surface area contributed by atoms with E-state index < -0.39 is 12.1 Å². The fraction of sp³-hybridized carbons (Fsp3) is 0.200. The molecule has 0 spiro atoms. The molecule has 1 aromatic carbocycles. The highest BCUT2D eigenvalue weighted by atomic mass is 32.2. The third-order valence-corrected chi connectivity index (χ3v) is 3.46. The highest BCUT2D eigenvalue weighted by Gasteiger charge is 2.22. The minimum absolute atomic E-state index is 0.0887. The van der Waals surface area contributed by atoms with Gasteiger partial charge >= 0.3 is 12.1 Å². The summed E-state index contributed by atoms with van der Waals surface area (Å²) in [7, 11) is 1.30. The molecule has 1 heterocycles. The van der Waals surface area contributed by atoms with Gasteiger partial charge in [0.15, 0.2) is 0 Å². The van der Waals surface area contributed by atoms with E-state index in [4.69, 9.17) is 0 Å². The summed E-state index contributed by atoms with van der Waals surface area (Å²) in [4.78, 5) is 16.2. The quantitative estimate of drug-likeness (QED) is 0.777. The van der Waals surface area contributed by atoms with Gasteiger partial charge < -0.3 is 9.47 Å². The molecule has 0 aliphatic rings. The van der Waals surface area contributed by atoms with Crippen molar-refractivity contribution in [1.82, 2.24) is 4.98 Å². The average molecular weight is 325 g/mol. The van der Waals surface area contributed by atoms with E-state index >= 15 is 0 Å². The van der Waals surface area contributed by atoms with Crippen molar-refractivity contribution in [2.45, 2.75) is 23.0 Å². The third kappa shape index (κ3) is 4.70. The molecule has 0 saturated carbocycles. The van der Waals surface area contributed by atoms with Gasteiger partial charge in [-0.15, -0.1) is 0 Å². The van der Waals surface area contributed by atoms with Crippen molar-refractivity contribution in [2.75, 3.05) is 7.11 Å². The molecule has 0 radical (unpaired) electrons. The van der Waals surface area contributed by atoms with E-state index in [0.717, 1.165) is 4.90 Å². The molecule has 0 unspecified atom stereocenters. The monoisotopic (exact) mass is 325 g/mol. The molecular formula is C15H13F2NO3S. The Bertz CT molecular complexity index is 639. The number of nitrogens with zero attached hydrogens (tertiary/aromatic N) is 1. The molecule has 0 aliphatic heterocycles. The molecular weight excluding hydrogens is 312 g/mol. The Morgan fingerprint density at radius 3 is 2.36 bits per heavy atom. The summed E-state index contributed by atoms with van der Waals surface area (Å²) in [5.41, 5.74) is 0.362. The molecule has 4 nitrogen and oxygen atoms in total. The lowest BCUT2D eigenvalue weighted by Gasteiger charge is -2.12. The first-order valence-corrected chi connectivity index (χ1v) is 7.08. The summed E-state index contributed by atoms with van der Waals surface area (Å²) in [6, 6.07) is 9.52. The van der Waals surface area contributed by atoms with E-state index in [2.05, 4.69) is 14.5 Å². The van der Waals surface area contributed by atoms with Crippen LogP contribution >= 0.6 is 11.8 Å². The van der Waals surface area contributed by atoms with Gasteiger partial charge in [0.05, 0.1) is 12.7 Å². The van der Waals surface area contributed by atoms with Crippen LogP contribution in [-0.4, -0.2) is 24.2 Å². The Morgan fingerprint density at radius 2 is 1.86 bits per heavy atom. The number of alkyl halides is 2. The number of hydrogen-bond acceptors (Lipinski definition) is 5. The van der Waals surface area contributed by atoms with Crippen LogP contribution in [0.25, 0.3) is 0 Å². The number of pyridine rings is 1. The van der Waals surface area contributed by atoms with Crippen molar-refractivity contribution in [3.05, 3.63) is 48.2 Å². The molecule has 22 heavy (non-hydrogen) atoms. The number of aromatic nitrogens is 1. The zero-order chi connectivity index (χ0) is 16.2. The van der Waals surface area contributed by atoms with Crippen LogP contribution < -0.4 is 4.74 Å². The second kappa shape index (κ2) is 6.74. The van der Waals surface area contributed by atoms with Gasteiger partial charge in [-0.1, -0.05) is 11.8 Å². The number of esters is 1. The van der Waals surface area contributed by atoms with E-state index in [1.807, 2.05) is 0 Å². The van der Waals surface area contributed by atoms with E-state index in [1.54, 1.807) is 24.3 Å². The molecule has 116 valence electrons. The molecule has 0 N–H and O–H groups in total. The van der Waals surface area contributed by atoms with Gasteiger partial charge in [0.25, 0.3) is 0 Å². The van der Waals surface area contributed by atoms with Gasteiger partial charge in [-0.25, -0.2) is 9.78 Å². The summed E-state index contributed by atoms with van der Waals surface area (Å²) >= 11 is 1.34. The van der Waals surface area contributed by atoms with Gasteiger partial charge in [-0.05, 0) is 36.4 Å². The number of halogens is 2. The van der Waals surface area contributed by atoms with Crippen LogP contribution in [0.4, 0.5) is 8.78 Å². The zero-order valence-corrected chi connectivity index (χ0v) is 12.7. The van der Waals surface area contributed by atoms with Gasteiger partial charge in [0, 0.05) is 18.0 Å². The SMILES string of the molecule is COC(=O)c1ccc(Sc2ccc(OC(C)(F)F)cc2)nc1. The maximum absolute atomic E-state index is 12.7. The number of carbonyl (C=O) groups is 1. The molecule has 0 atom stereocenters. The zero-order valence-electron chi connectivity index (χ0n) is 11.9. The Morgan fingerprint density at radius 1 is 1.18 bits per heavy atom. The minimum Gasteiger partial charge on any atom is -0.465 e. The van der Waals surface area contributed by atoms with Crippen molar-refractivity contribution >= 4 is 17.7 Å². The number of benzene rings is 1. The van der Waals surface area contributed by atoms with Crippen LogP contribution in [0.3, 0.4) is 0 Å². The lowest BCUT2D eigenvalue weighted by atomic mass is 10.3. The largest absolute Gasteiger partial charge is 0.465 e. The number of hydrogen-bond donors (Lipinski definition) is 0. The molecule has 1 aromatic heterocycles. The van der Waals surface area contributed by atoms with Crippen LogP contribution in [0, 0.1) is 0 Å². The van der Waals surface area contributed by atoms with E-state index in [-0.39, 0.29) is 5.75 Å². The molecule has 7 heteroatoms. The first kappa shape index (κ1) is 16.2. The van der Waals surface area contributed by atoms with Crippen molar-refractivity contribution in [3.63, 3.8) is 0 Å². The smallest absolute Gasteiger partial charge is 0.394 e. The molecule has 0 fully saturated rings. The summed E-state index contributed by atoms with van der Waals surface area (Å²) in [6.07, 6.45) is -1.79. The molecule has 0 amide bonds. The van der Waals surface area contributed by atoms with Gasteiger partial charge in [0.1, 0.15) is 10.8 Å². The summed E-state index contributed by atoms with van der Waals surface area (Å²) in [6.45, 7) is 0.683. The first-order valence-electron chi connectivity index (χ1n) is 6.26. The van der Waals surface area contributed by atoms with Crippen LogP contribution in [0.5, 0.6) is 5.75 Å². The van der Waals surface area contributed by atoms with Crippen LogP contribution in [0.1, 0.15) is 17.3 Å². The van der Waals surface area contributed by atoms with Gasteiger partial charge in [0.2, 0.25) is 0 Å². The van der Waals surface area contributed by atoms with Crippen molar-refractivity contribution in [1.29, 1.82) is 0 Å². The highest BCUT2D eigenvalue weighted by molar-refractivity contribution is 7.99. The third-order valence-electron chi connectivity index (χ3n) is 2.50. The lowest BCUT2D eigenvalue weighted by molar-refractivity contribution is -0.158.